The van der Waals surface area contributed by atoms with Crippen molar-refractivity contribution in [1.29, 1.82) is 0 Å². The van der Waals surface area contributed by atoms with Gasteiger partial charge in [-0.25, -0.2) is 4.39 Å². The number of aromatic amines is 1. The third-order valence-corrected chi connectivity index (χ3v) is 3.54. The molecule has 0 spiro atoms. The normalized spacial score (nSPS) is 11.4. The van der Waals surface area contributed by atoms with E-state index in [0.717, 1.165) is 6.07 Å². The van der Waals surface area contributed by atoms with Crippen LogP contribution in [0.25, 0.3) is 0 Å². The van der Waals surface area contributed by atoms with Crippen LogP contribution in [0.4, 0.5) is 10.1 Å². The first kappa shape index (κ1) is 11.9. The molecule has 0 fully saturated rings. The number of sulfonamides is 1. The summed E-state index contributed by atoms with van der Waals surface area (Å²) in [6, 6.07) is 4.83. The second-order valence-electron chi connectivity index (χ2n) is 3.16. The third kappa shape index (κ3) is 2.56. The van der Waals surface area contributed by atoms with E-state index in [1.54, 1.807) is 0 Å². The van der Waals surface area contributed by atoms with Crippen LogP contribution in [0.5, 0.6) is 0 Å². The predicted octanol–water partition coefficient (Wildman–Crippen LogP) is 2.00. The molecule has 0 aliphatic rings. The largest absolute Gasteiger partial charge is 0.278 e. The van der Waals surface area contributed by atoms with Crippen molar-refractivity contribution in [3.8, 4) is 0 Å². The summed E-state index contributed by atoms with van der Waals surface area (Å²) in [6.45, 7) is 0. The molecule has 2 rings (SSSR count). The third-order valence-electron chi connectivity index (χ3n) is 1.94. The summed E-state index contributed by atoms with van der Waals surface area (Å²) >= 11 is 5.54. The van der Waals surface area contributed by atoms with Gasteiger partial charge in [-0.05, 0) is 24.3 Å². The van der Waals surface area contributed by atoms with Crippen molar-refractivity contribution in [3.05, 3.63) is 41.3 Å². The minimum absolute atomic E-state index is 0.0852. The summed E-state index contributed by atoms with van der Waals surface area (Å²) in [4.78, 5) is 0. The van der Waals surface area contributed by atoms with Gasteiger partial charge in [-0.2, -0.15) is 13.5 Å². The summed E-state index contributed by atoms with van der Waals surface area (Å²) in [5, 5.41) is 5.60. The smallest absolute Gasteiger partial charge is 0.278 e. The Morgan fingerprint density at radius 2 is 2.12 bits per heavy atom. The van der Waals surface area contributed by atoms with Crippen LogP contribution in [0.2, 0.25) is 5.02 Å². The van der Waals surface area contributed by atoms with Gasteiger partial charge in [-0.1, -0.05) is 11.6 Å². The number of hydrogen-bond donors (Lipinski definition) is 2. The van der Waals surface area contributed by atoms with Crippen molar-refractivity contribution in [2.45, 2.75) is 5.03 Å². The molecule has 0 radical (unpaired) electrons. The average molecular weight is 276 g/mol. The number of benzene rings is 1. The maximum atomic E-state index is 12.9. The first-order valence-corrected chi connectivity index (χ1v) is 6.32. The molecule has 5 nitrogen and oxygen atoms in total. The fourth-order valence-corrected chi connectivity index (χ4v) is 2.30. The highest BCUT2D eigenvalue weighted by molar-refractivity contribution is 7.92. The van der Waals surface area contributed by atoms with Crippen molar-refractivity contribution in [2.75, 3.05) is 4.72 Å². The minimum atomic E-state index is -3.75. The molecule has 1 aromatic heterocycles. The quantitative estimate of drug-likeness (QED) is 0.900. The Balaban J connectivity index is 2.30. The van der Waals surface area contributed by atoms with Crippen LogP contribution in [0, 0.1) is 5.82 Å². The Morgan fingerprint density at radius 3 is 2.71 bits per heavy atom. The van der Waals surface area contributed by atoms with Gasteiger partial charge in [0.2, 0.25) is 0 Å². The van der Waals surface area contributed by atoms with Gasteiger partial charge in [0.25, 0.3) is 10.0 Å². The predicted molar refractivity (Wildman–Crippen MR) is 60.8 cm³/mol. The molecule has 0 aliphatic carbocycles. The Labute approximate surface area is 102 Å². The van der Waals surface area contributed by atoms with Gasteiger partial charge in [0.1, 0.15) is 5.82 Å². The maximum absolute atomic E-state index is 12.9. The van der Waals surface area contributed by atoms with Gasteiger partial charge in [0, 0.05) is 0 Å². The number of aromatic nitrogens is 2. The van der Waals surface area contributed by atoms with E-state index in [4.69, 9.17) is 11.6 Å². The summed E-state index contributed by atoms with van der Waals surface area (Å²) in [6.07, 6.45) is 1.31. The van der Waals surface area contributed by atoms with Crippen molar-refractivity contribution < 1.29 is 12.8 Å². The topological polar surface area (TPSA) is 74.8 Å². The Bertz CT molecular complexity index is 628. The number of H-pyrrole nitrogens is 1. The van der Waals surface area contributed by atoms with E-state index >= 15 is 0 Å². The van der Waals surface area contributed by atoms with Gasteiger partial charge in [-0.3, -0.25) is 9.82 Å². The first-order chi connectivity index (χ1) is 7.99. The van der Waals surface area contributed by atoms with Crippen LogP contribution in [0.1, 0.15) is 0 Å². The number of hydrogen-bond acceptors (Lipinski definition) is 3. The molecule has 0 saturated heterocycles. The van der Waals surface area contributed by atoms with Crippen LogP contribution in [0.15, 0.2) is 35.5 Å². The van der Waals surface area contributed by atoms with Crippen LogP contribution in [0.3, 0.4) is 0 Å². The van der Waals surface area contributed by atoms with Crippen LogP contribution < -0.4 is 4.72 Å². The molecule has 2 aromatic rings. The second kappa shape index (κ2) is 4.34. The molecule has 0 atom stereocenters. The highest BCUT2D eigenvalue weighted by atomic mass is 35.5. The molecule has 0 aliphatic heterocycles. The van der Waals surface area contributed by atoms with Gasteiger partial charge in [0.15, 0.2) is 5.03 Å². The highest BCUT2D eigenvalue weighted by Gasteiger charge is 2.15. The van der Waals surface area contributed by atoms with Gasteiger partial charge >= 0.3 is 0 Å². The van der Waals surface area contributed by atoms with Crippen LogP contribution in [-0.4, -0.2) is 18.6 Å². The number of halogens is 2. The molecule has 8 heteroatoms. The van der Waals surface area contributed by atoms with E-state index in [1.165, 1.54) is 24.4 Å². The van der Waals surface area contributed by atoms with E-state index in [9.17, 15) is 12.8 Å². The monoisotopic (exact) mass is 275 g/mol. The van der Waals surface area contributed by atoms with Crippen molar-refractivity contribution in [1.82, 2.24) is 10.2 Å². The Hall–Kier alpha value is -1.60. The molecular weight excluding hydrogens is 269 g/mol. The second-order valence-corrected chi connectivity index (χ2v) is 5.21. The molecule has 0 unspecified atom stereocenters. The van der Waals surface area contributed by atoms with Crippen molar-refractivity contribution in [3.63, 3.8) is 0 Å². The summed E-state index contributed by atoms with van der Waals surface area (Å²) in [5.41, 5.74) is 0.172. The molecule has 1 aromatic carbocycles. The lowest BCUT2D eigenvalue weighted by atomic mass is 10.3. The van der Waals surface area contributed by atoms with Crippen LogP contribution in [-0.2, 0) is 10.0 Å². The zero-order valence-corrected chi connectivity index (χ0v) is 9.89. The molecule has 0 bridgehead atoms. The molecule has 0 saturated carbocycles. The summed E-state index contributed by atoms with van der Waals surface area (Å²) in [5.74, 6) is -0.615. The number of nitrogens with zero attached hydrogens (tertiary/aromatic N) is 1. The number of rotatable bonds is 3. The average Bonchev–Trinajstić information content (AvgIpc) is 2.77. The maximum Gasteiger partial charge on any atom is 0.278 e. The first-order valence-electron chi connectivity index (χ1n) is 4.46. The van der Waals surface area contributed by atoms with Gasteiger partial charge in [0.05, 0.1) is 16.9 Å². The summed E-state index contributed by atoms with van der Waals surface area (Å²) < 4.78 is 38.6. The lowest BCUT2D eigenvalue weighted by Gasteiger charge is -2.06. The SMILES string of the molecule is O=S(=O)(Nc1ccc(F)c(Cl)c1)c1ccn[nH]1. The van der Waals surface area contributed by atoms with E-state index in [1.807, 2.05) is 0 Å². The fraction of sp³-hybridized carbons (Fsp3) is 0. The van der Waals surface area contributed by atoms with E-state index in [-0.39, 0.29) is 15.7 Å². The molecule has 2 N–H and O–H groups in total. The summed E-state index contributed by atoms with van der Waals surface area (Å²) in [7, 11) is -3.75. The van der Waals surface area contributed by atoms with Gasteiger partial charge in [-0.15, -0.1) is 0 Å². The van der Waals surface area contributed by atoms with Crippen LogP contribution >= 0.6 is 11.6 Å². The lowest BCUT2D eigenvalue weighted by Crippen LogP contribution is -2.13. The van der Waals surface area contributed by atoms with E-state index in [2.05, 4.69) is 14.9 Å². The van der Waals surface area contributed by atoms with E-state index < -0.39 is 15.8 Å². The number of anilines is 1. The lowest BCUT2D eigenvalue weighted by molar-refractivity contribution is 0.597. The standard InChI is InChI=1S/C9H7ClFN3O2S/c10-7-5-6(1-2-8(7)11)14-17(15,16)9-3-4-12-13-9/h1-5,14H,(H,12,13). The van der Waals surface area contributed by atoms with Crippen molar-refractivity contribution in [2.24, 2.45) is 0 Å². The zero-order chi connectivity index (χ0) is 12.5. The van der Waals surface area contributed by atoms with Gasteiger partial charge < -0.3 is 0 Å². The molecule has 1 heterocycles. The fourth-order valence-electron chi connectivity index (χ4n) is 1.16. The zero-order valence-electron chi connectivity index (χ0n) is 8.31. The molecule has 17 heavy (non-hydrogen) atoms. The molecule has 90 valence electrons. The minimum Gasteiger partial charge on any atom is -0.278 e. The highest BCUT2D eigenvalue weighted by Crippen LogP contribution is 2.21. The molecular formula is C9H7ClFN3O2S. The number of nitrogens with one attached hydrogen (secondary N) is 2. The Kier molecular flexibility index (Phi) is 3.03. The van der Waals surface area contributed by atoms with Crippen molar-refractivity contribution >= 4 is 27.3 Å². The Morgan fingerprint density at radius 1 is 1.35 bits per heavy atom. The molecule has 0 amide bonds. The van der Waals surface area contributed by atoms with E-state index in [0.29, 0.717) is 0 Å².